The lowest BCUT2D eigenvalue weighted by atomic mass is 9.92. The standard InChI is InChI=1S/C28H38N4O3/c1-18-23(7-6-8-24(18)35-5)27(34)31-20-15-21-10-11-22(16-20)32(21)25-12-9-19(17-30-25)26(33)29-14-13-28(2,3)4/h6-9,12,17,20-22H,10-11,13-16H2,1-5H3,(H,29,33)(H,31,34)/t20?,21-,22+. The number of nitrogens with zero attached hydrogens (tertiary/aromatic N) is 2. The van der Waals surface area contributed by atoms with E-state index >= 15 is 0 Å². The van der Waals surface area contributed by atoms with Gasteiger partial charge < -0.3 is 20.3 Å². The number of fused-ring (bicyclic) bond motifs is 2. The van der Waals surface area contributed by atoms with Gasteiger partial charge in [0.05, 0.1) is 12.7 Å². The summed E-state index contributed by atoms with van der Waals surface area (Å²) in [6.07, 6.45) is 6.57. The molecule has 2 aromatic rings. The minimum Gasteiger partial charge on any atom is -0.496 e. The number of ether oxygens (including phenoxy) is 1. The van der Waals surface area contributed by atoms with Crippen molar-refractivity contribution >= 4 is 17.6 Å². The summed E-state index contributed by atoms with van der Waals surface area (Å²) in [4.78, 5) is 32.5. The highest BCUT2D eigenvalue weighted by atomic mass is 16.5. The molecule has 1 aromatic heterocycles. The zero-order chi connectivity index (χ0) is 25.2. The number of amides is 2. The van der Waals surface area contributed by atoms with Gasteiger partial charge in [-0.2, -0.15) is 0 Å². The maximum Gasteiger partial charge on any atom is 0.252 e. The summed E-state index contributed by atoms with van der Waals surface area (Å²) in [5.41, 5.74) is 2.30. The third-order valence-electron chi connectivity index (χ3n) is 7.25. The lowest BCUT2D eigenvalue weighted by Crippen LogP contribution is -2.50. The van der Waals surface area contributed by atoms with Crippen molar-refractivity contribution in [1.82, 2.24) is 15.6 Å². The maximum atomic E-state index is 13.0. The van der Waals surface area contributed by atoms with Crippen molar-refractivity contribution in [2.24, 2.45) is 5.41 Å². The number of benzene rings is 1. The lowest BCUT2D eigenvalue weighted by molar-refractivity contribution is 0.0923. The third-order valence-corrected chi connectivity index (χ3v) is 7.25. The first-order valence-corrected chi connectivity index (χ1v) is 12.6. The molecule has 3 atom stereocenters. The highest BCUT2D eigenvalue weighted by Crippen LogP contribution is 2.38. The molecule has 2 amide bonds. The quantitative estimate of drug-likeness (QED) is 0.612. The third kappa shape index (κ3) is 5.77. The van der Waals surface area contributed by atoms with Gasteiger partial charge in [-0.15, -0.1) is 0 Å². The van der Waals surface area contributed by atoms with E-state index in [0.29, 0.717) is 29.8 Å². The Morgan fingerprint density at radius 2 is 1.80 bits per heavy atom. The first-order chi connectivity index (χ1) is 16.7. The van der Waals surface area contributed by atoms with Crippen LogP contribution >= 0.6 is 0 Å². The Morgan fingerprint density at radius 1 is 1.09 bits per heavy atom. The van der Waals surface area contributed by atoms with E-state index in [0.717, 1.165) is 49.2 Å². The van der Waals surface area contributed by atoms with Crippen molar-refractivity contribution in [3.63, 3.8) is 0 Å². The smallest absolute Gasteiger partial charge is 0.252 e. The second-order valence-electron chi connectivity index (χ2n) is 11.0. The number of hydrogen-bond donors (Lipinski definition) is 2. The number of aromatic nitrogens is 1. The second kappa shape index (κ2) is 10.3. The molecule has 0 radical (unpaired) electrons. The van der Waals surface area contributed by atoms with Crippen LogP contribution in [0.3, 0.4) is 0 Å². The SMILES string of the molecule is COc1cccc(C(=O)NC2C[C@H]3CC[C@@H](C2)N3c2ccc(C(=O)NCCC(C)(C)C)cn2)c1C. The van der Waals surface area contributed by atoms with E-state index in [4.69, 9.17) is 4.74 Å². The summed E-state index contributed by atoms with van der Waals surface area (Å²) in [5, 5.41) is 6.25. The van der Waals surface area contributed by atoms with Crippen LogP contribution < -0.4 is 20.3 Å². The predicted octanol–water partition coefficient (Wildman–Crippen LogP) is 4.49. The molecule has 1 unspecified atom stereocenters. The van der Waals surface area contributed by atoms with Gasteiger partial charge in [0.1, 0.15) is 11.6 Å². The molecule has 7 nitrogen and oxygen atoms in total. The molecule has 2 aliphatic rings. The van der Waals surface area contributed by atoms with Crippen LogP contribution in [-0.2, 0) is 0 Å². The predicted molar refractivity (Wildman–Crippen MR) is 138 cm³/mol. The average molecular weight is 479 g/mol. The number of nitrogens with one attached hydrogen (secondary N) is 2. The van der Waals surface area contributed by atoms with Crippen LogP contribution in [0.4, 0.5) is 5.82 Å². The molecule has 2 saturated heterocycles. The fourth-order valence-electron chi connectivity index (χ4n) is 5.34. The van der Waals surface area contributed by atoms with E-state index in [2.05, 4.69) is 41.3 Å². The molecule has 0 aliphatic carbocycles. The molecule has 0 saturated carbocycles. The fourth-order valence-corrected chi connectivity index (χ4v) is 5.34. The van der Waals surface area contributed by atoms with Crippen molar-refractivity contribution in [2.45, 2.75) is 77.9 Å². The molecular weight excluding hydrogens is 440 g/mol. The van der Waals surface area contributed by atoms with Gasteiger partial charge in [0.2, 0.25) is 0 Å². The number of rotatable bonds is 7. The Bertz CT molecular complexity index is 1050. The average Bonchev–Trinajstić information content (AvgIpc) is 3.08. The zero-order valence-electron chi connectivity index (χ0n) is 21.6. The molecule has 3 heterocycles. The fraction of sp³-hybridized carbons (Fsp3) is 0.536. The summed E-state index contributed by atoms with van der Waals surface area (Å²) in [6.45, 7) is 9.07. The molecule has 0 spiro atoms. The van der Waals surface area contributed by atoms with Crippen LogP contribution in [0.25, 0.3) is 0 Å². The summed E-state index contributed by atoms with van der Waals surface area (Å²) in [7, 11) is 1.62. The molecule has 188 valence electrons. The van der Waals surface area contributed by atoms with Crippen LogP contribution in [-0.4, -0.2) is 48.6 Å². The topological polar surface area (TPSA) is 83.6 Å². The van der Waals surface area contributed by atoms with Crippen molar-refractivity contribution in [2.75, 3.05) is 18.6 Å². The molecule has 4 rings (SSSR count). The normalized spacial score (nSPS) is 21.5. The van der Waals surface area contributed by atoms with Gasteiger partial charge in [-0.25, -0.2) is 4.98 Å². The first kappa shape index (κ1) is 25.0. The molecule has 2 fully saturated rings. The minimum absolute atomic E-state index is 0.0424. The number of hydrogen-bond acceptors (Lipinski definition) is 5. The van der Waals surface area contributed by atoms with Crippen LogP contribution in [0, 0.1) is 12.3 Å². The summed E-state index contributed by atoms with van der Waals surface area (Å²) in [5.74, 6) is 1.52. The molecule has 1 aromatic carbocycles. The van der Waals surface area contributed by atoms with Crippen LogP contribution in [0.2, 0.25) is 0 Å². The van der Waals surface area contributed by atoms with Crippen molar-refractivity contribution in [1.29, 1.82) is 0 Å². The Hall–Kier alpha value is -3.09. The molecule has 2 N–H and O–H groups in total. The zero-order valence-corrected chi connectivity index (χ0v) is 21.6. The molecule has 35 heavy (non-hydrogen) atoms. The maximum absolute atomic E-state index is 13.0. The number of anilines is 1. The Balaban J connectivity index is 1.36. The van der Waals surface area contributed by atoms with Gasteiger partial charge in [0.25, 0.3) is 11.8 Å². The molecule has 2 aliphatic heterocycles. The van der Waals surface area contributed by atoms with Crippen LogP contribution in [0.1, 0.15) is 79.2 Å². The van der Waals surface area contributed by atoms with Crippen molar-refractivity contribution in [3.05, 3.63) is 53.2 Å². The van der Waals surface area contributed by atoms with E-state index in [-0.39, 0.29) is 23.3 Å². The van der Waals surface area contributed by atoms with E-state index in [9.17, 15) is 9.59 Å². The minimum atomic E-state index is -0.0782. The van der Waals surface area contributed by atoms with Crippen LogP contribution in [0.15, 0.2) is 36.5 Å². The number of piperidine rings is 1. The number of carbonyl (C=O) groups excluding carboxylic acids is 2. The van der Waals surface area contributed by atoms with Gasteiger partial charge in [-0.1, -0.05) is 26.8 Å². The van der Waals surface area contributed by atoms with Crippen molar-refractivity contribution < 1.29 is 14.3 Å². The van der Waals surface area contributed by atoms with E-state index in [1.807, 2.05) is 37.3 Å². The molecule has 2 bridgehead atoms. The summed E-state index contributed by atoms with van der Waals surface area (Å²) < 4.78 is 5.37. The lowest BCUT2D eigenvalue weighted by Gasteiger charge is -2.40. The second-order valence-corrected chi connectivity index (χ2v) is 11.0. The van der Waals surface area contributed by atoms with Gasteiger partial charge in [0.15, 0.2) is 0 Å². The van der Waals surface area contributed by atoms with Gasteiger partial charge >= 0.3 is 0 Å². The number of carbonyl (C=O) groups is 2. The first-order valence-electron chi connectivity index (χ1n) is 12.6. The van der Waals surface area contributed by atoms with Crippen LogP contribution in [0.5, 0.6) is 5.75 Å². The van der Waals surface area contributed by atoms with E-state index in [1.165, 1.54) is 0 Å². The van der Waals surface area contributed by atoms with E-state index < -0.39 is 0 Å². The van der Waals surface area contributed by atoms with E-state index in [1.54, 1.807) is 13.3 Å². The summed E-state index contributed by atoms with van der Waals surface area (Å²) >= 11 is 0. The largest absolute Gasteiger partial charge is 0.496 e. The number of pyridine rings is 1. The Kier molecular flexibility index (Phi) is 7.33. The highest BCUT2D eigenvalue weighted by molar-refractivity contribution is 5.96. The van der Waals surface area contributed by atoms with Gasteiger partial charge in [0, 0.05) is 42.0 Å². The Labute approximate surface area is 208 Å². The monoisotopic (exact) mass is 478 g/mol. The highest BCUT2D eigenvalue weighted by Gasteiger charge is 2.42. The summed E-state index contributed by atoms with van der Waals surface area (Å²) in [6, 6.07) is 10.2. The van der Waals surface area contributed by atoms with Gasteiger partial charge in [-0.3, -0.25) is 9.59 Å². The number of methoxy groups -OCH3 is 1. The van der Waals surface area contributed by atoms with Gasteiger partial charge in [-0.05, 0) is 68.7 Å². The Morgan fingerprint density at radius 3 is 2.40 bits per heavy atom. The molecular formula is C28H38N4O3. The van der Waals surface area contributed by atoms with Crippen molar-refractivity contribution in [3.8, 4) is 5.75 Å². The molecule has 7 heteroatoms.